The highest BCUT2D eigenvalue weighted by molar-refractivity contribution is 5.86. The normalized spacial score (nSPS) is 10.6. The van der Waals surface area contributed by atoms with Crippen LogP contribution in [0, 0.1) is 12.3 Å². The lowest BCUT2D eigenvalue weighted by molar-refractivity contribution is -0.104. The molecule has 2 aromatic heterocycles. The van der Waals surface area contributed by atoms with E-state index in [0.717, 1.165) is 34.3 Å². The molecule has 0 unspecified atom stereocenters. The van der Waals surface area contributed by atoms with Gasteiger partial charge in [-0.2, -0.15) is 0 Å². The molecule has 1 aromatic carbocycles. The second-order valence-corrected chi connectivity index (χ2v) is 5.69. The van der Waals surface area contributed by atoms with Crippen LogP contribution in [0.3, 0.4) is 0 Å². The summed E-state index contributed by atoms with van der Waals surface area (Å²) in [5.74, 6) is 3.00. The Morgan fingerprint density at radius 3 is 2.69 bits per heavy atom. The average molecular weight is 343 g/mol. The Hall–Kier alpha value is -3.38. The molecule has 0 N–H and O–H groups in total. The summed E-state index contributed by atoms with van der Waals surface area (Å²) in [4.78, 5) is 13.7. The molecule has 26 heavy (non-hydrogen) atoms. The van der Waals surface area contributed by atoms with Gasteiger partial charge in [0.15, 0.2) is 6.29 Å². The fraction of sp³-hybridized carbons (Fsp3) is 0.130. The number of carbonyl (C=O) groups is 1. The molecule has 0 fully saturated rings. The van der Waals surface area contributed by atoms with E-state index in [9.17, 15) is 4.79 Å². The van der Waals surface area contributed by atoms with E-state index in [2.05, 4.69) is 61.7 Å². The van der Waals surface area contributed by atoms with Gasteiger partial charge in [-0.25, -0.2) is 0 Å². The summed E-state index contributed by atoms with van der Waals surface area (Å²) < 4.78 is 5.89. The molecule has 0 spiro atoms. The minimum absolute atomic E-state index is 0.190. The number of fused-ring (bicyclic) bond motifs is 1. The predicted octanol–water partition coefficient (Wildman–Crippen LogP) is 5.68. The SMILES string of the molecule is C#CC(=C)C=O.CC/C=C(\C)c1cc2cc(-c3cccnc3)ccc2o1. The van der Waals surface area contributed by atoms with E-state index < -0.39 is 0 Å². The highest BCUT2D eigenvalue weighted by Crippen LogP contribution is 2.29. The number of benzene rings is 1. The third kappa shape index (κ3) is 4.81. The van der Waals surface area contributed by atoms with Crippen LogP contribution in [0.15, 0.2) is 71.4 Å². The van der Waals surface area contributed by atoms with Gasteiger partial charge in [0.2, 0.25) is 0 Å². The number of allylic oxidation sites excluding steroid dienone is 3. The van der Waals surface area contributed by atoms with Crippen molar-refractivity contribution >= 4 is 22.8 Å². The van der Waals surface area contributed by atoms with Crippen molar-refractivity contribution in [2.75, 3.05) is 0 Å². The molecule has 0 atom stereocenters. The lowest BCUT2D eigenvalue weighted by Gasteiger charge is -1.99. The zero-order chi connectivity index (χ0) is 18.9. The second-order valence-electron chi connectivity index (χ2n) is 5.69. The van der Waals surface area contributed by atoms with Crippen molar-refractivity contribution < 1.29 is 9.21 Å². The lowest BCUT2D eigenvalue weighted by Crippen LogP contribution is -1.78. The van der Waals surface area contributed by atoms with E-state index >= 15 is 0 Å². The maximum atomic E-state index is 9.49. The third-order valence-corrected chi connectivity index (χ3v) is 3.74. The quantitative estimate of drug-likeness (QED) is 0.347. The molecular weight excluding hydrogens is 322 g/mol. The number of hydrogen-bond acceptors (Lipinski definition) is 3. The highest BCUT2D eigenvalue weighted by atomic mass is 16.3. The first kappa shape index (κ1) is 19.0. The molecule has 3 rings (SSSR count). The van der Waals surface area contributed by atoms with Gasteiger partial charge in [0.25, 0.3) is 0 Å². The van der Waals surface area contributed by atoms with E-state index in [0.29, 0.717) is 6.29 Å². The minimum atomic E-state index is 0.190. The number of carbonyl (C=O) groups excluding carboxylic acids is 1. The van der Waals surface area contributed by atoms with Crippen molar-refractivity contribution in [2.24, 2.45) is 0 Å². The van der Waals surface area contributed by atoms with Crippen LogP contribution in [0.5, 0.6) is 0 Å². The van der Waals surface area contributed by atoms with Gasteiger partial charge in [0.1, 0.15) is 11.3 Å². The van der Waals surface area contributed by atoms with Gasteiger partial charge in [0, 0.05) is 23.3 Å². The monoisotopic (exact) mass is 343 g/mol. The topological polar surface area (TPSA) is 43.1 Å². The van der Waals surface area contributed by atoms with Gasteiger partial charge in [-0.05, 0) is 48.7 Å². The number of rotatable bonds is 4. The Labute approximate surface area is 154 Å². The van der Waals surface area contributed by atoms with Crippen LogP contribution in [0.1, 0.15) is 26.0 Å². The van der Waals surface area contributed by atoms with Crippen LogP contribution in [0.25, 0.3) is 27.7 Å². The van der Waals surface area contributed by atoms with Crippen molar-refractivity contribution in [3.63, 3.8) is 0 Å². The Morgan fingerprint density at radius 2 is 2.12 bits per heavy atom. The molecule has 2 heterocycles. The molecule has 0 saturated heterocycles. The van der Waals surface area contributed by atoms with E-state index in [1.807, 2.05) is 18.3 Å². The van der Waals surface area contributed by atoms with Gasteiger partial charge >= 0.3 is 0 Å². The molecule has 0 amide bonds. The zero-order valence-corrected chi connectivity index (χ0v) is 15.0. The van der Waals surface area contributed by atoms with Crippen LogP contribution in [0.2, 0.25) is 0 Å². The first-order valence-corrected chi connectivity index (χ1v) is 8.30. The first-order valence-electron chi connectivity index (χ1n) is 8.30. The summed E-state index contributed by atoms with van der Waals surface area (Å²) in [6.07, 6.45) is 12.1. The average Bonchev–Trinajstić information content (AvgIpc) is 3.12. The van der Waals surface area contributed by atoms with Crippen LogP contribution in [0.4, 0.5) is 0 Å². The van der Waals surface area contributed by atoms with Gasteiger partial charge in [-0.1, -0.05) is 37.6 Å². The molecule has 3 heteroatoms. The fourth-order valence-corrected chi connectivity index (χ4v) is 2.39. The smallest absolute Gasteiger partial charge is 0.157 e. The number of terminal acetylenes is 1. The number of aromatic nitrogens is 1. The van der Waals surface area contributed by atoms with Crippen LogP contribution in [-0.4, -0.2) is 11.3 Å². The number of pyridine rings is 1. The summed E-state index contributed by atoms with van der Waals surface area (Å²) in [6.45, 7) is 7.41. The molecule has 0 bridgehead atoms. The van der Waals surface area contributed by atoms with Gasteiger partial charge in [0.05, 0.1) is 5.57 Å². The van der Waals surface area contributed by atoms with Crippen molar-refractivity contribution in [2.45, 2.75) is 20.3 Å². The number of nitrogens with zero attached hydrogens (tertiary/aromatic N) is 1. The molecule has 0 aliphatic carbocycles. The van der Waals surface area contributed by atoms with Crippen LogP contribution in [-0.2, 0) is 4.79 Å². The fourth-order valence-electron chi connectivity index (χ4n) is 2.39. The molecule has 0 radical (unpaired) electrons. The molecule has 130 valence electrons. The van der Waals surface area contributed by atoms with Crippen molar-refractivity contribution in [3.8, 4) is 23.5 Å². The number of hydrogen-bond donors (Lipinski definition) is 0. The predicted molar refractivity (Wildman–Crippen MR) is 107 cm³/mol. The van der Waals surface area contributed by atoms with E-state index in [1.54, 1.807) is 6.20 Å². The Balaban J connectivity index is 0.000000352. The number of furan rings is 1. The van der Waals surface area contributed by atoms with E-state index in [4.69, 9.17) is 10.8 Å². The Bertz CT molecular complexity index is 972. The summed E-state index contributed by atoms with van der Waals surface area (Å²) >= 11 is 0. The summed E-state index contributed by atoms with van der Waals surface area (Å²) in [5, 5.41) is 1.13. The second kappa shape index (κ2) is 9.19. The van der Waals surface area contributed by atoms with Gasteiger partial charge in [-0.3, -0.25) is 9.78 Å². The van der Waals surface area contributed by atoms with Crippen LogP contribution >= 0.6 is 0 Å². The van der Waals surface area contributed by atoms with E-state index in [1.165, 1.54) is 5.57 Å². The van der Waals surface area contributed by atoms with Crippen molar-refractivity contribution in [1.29, 1.82) is 0 Å². The first-order chi connectivity index (χ1) is 12.6. The molecule has 0 saturated carbocycles. The Kier molecular flexibility index (Phi) is 6.70. The molecule has 3 nitrogen and oxygen atoms in total. The van der Waals surface area contributed by atoms with Crippen LogP contribution < -0.4 is 0 Å². The molecule has 3 aromatic rings. The zero-order valence-electron chi connectivity index (χ0n) is 15.0. The summed E-state index contributed by atoms with van der Waals surface area (Å²) in [5.41, 5.74) is 4.59. The highest BCUT2D eigenvalue weighted by Gasteiger charge is 2.07. The Morgan fingerprint density at radius 1 is 1.31 bits per heavy atom. The standard InChI is InChI=1S/C18H17NO.C5H4O/c1-3-5-13(2)18-11-16-10-14(7-8-17(16)20-18)15-6-4-9-19-12-15;1-3-5(2)4-6/h4-12H,3H2,1-2H3;1,4H,2H2/b13-5+;. The summed E-state index contributed by atoms with van der Waals surface area (Å²) in [7, 11) is 0. The third-order valence-electron chi connectivity index (χ3n) is 3.74. The van der Waals surface area contributed by atoms with Gasteiger partial charge < -0.3 is 4.42 Å². The minimum Gasteiger partial charge on any atom is -0.456 e. The largest absolute Gasteiger partial charge is 0.456 e. The van der Waals surface area contributed by atoms with E-state index in [-0.39, 0.29) is 5.57 Å². The number of aldehydes is 1. The lowest BCUT2D eigenvalue weighted by atomic mass is 10.1. The van der Waals surface area contributed by atoms with Crippen molar-refractivity contribution in [3.05, 3.63) is 72.8 Å². The molecule has 0 aliphatic rings. The maximum Gasteiger partial charge on any atom is 0.157 e. The van der Waals surface area contributed by atoms with Gasteiger partial charge in [-0.15, -0.1) is 6.42 Å². The maximum absolute atomic E-state index is 9.49. The molecule has 0 aliphatic heterocycles. The van der Waals surface area contributed by atoms with Crippen molar-refractivity contribution in [1.82, 2.24) is 4.98 Å². The molecular formula is C23H21NO2. The summed E-state index contributed by atoms with van der Waals surface area (Å²) in [6, 6.07) is 12.4.